The van der Waals surface area contributed by atoms with Crippen molar-refractivity contribution in [3.8, 4) is 0 Å². The number of nitrogens with zero attached hydrogens (tertiary/aromatic N) is 2. The molecule has 0 aliphatic carbocycles. The fourth-order valence-electron chi connectivity index (χ4n) is 1.83. The summed E-state index contributed by atoms with van der Waals surface area (Å²) in [5.74, 6) is 1.57. The van der Waals surface area contributed by atoms with Crippen LogP contribution in [0.1, 0.15) is 32.4 Å². The summed E-state index contributed by atoms with van der Waals surface area (Å²) in [6, 6.07) is 4.08. The molecule has 1 aromatic rings. The molecular formula is C14H25N3O. The summed E-state index contributed by atoms with van der Waals surface area (Å²) in [6.45, 7) is 8.92. The lowest BCUT2D eigenvalue weighted by molar-refractivity contribution is 0.204. The zero-order chi connectivity index (χ0) is 13.5. The molecular weight excluding hydrogens is 226 g/mol. The number of nitrogens with two attached hydrogens (primary N) is 1. The molecule has 1 atom stereocenters. The van der Waals surface area contributed by atoms with Crippen LogP contribution in [0.15, 0.2) is 18.3 Å². The number of anilines is 1. The molecule has 2 N–H and O–H groups in total. The standard InChI is InChI=1S/C14H25N3O/c1-11(2)10-17(7-8-18-4)14-9-13(12(3)15)5-6-16-14/h5-6,9,11-12H,7-8,10,15H2,1-4H3. The SMILES string of the molecule is COCCN(CC(C)C)c1cc(C(C)N)ccn1. The molecule has 0 fully saturated rings. The summed E-state index contributed by atoms with van der Waals surface area (Å²) < 4.78 is 5.16. The number of ether oxygens (including phenoxy) is 1. The molecule has 18 heavy (non-hydrogen) atoms. The first-order valence-electron chi connectivity index (χ1n) is 6.50. The molecule has 1 rings (SSSR count). The lowest BCUT2D eigenvalue weighted by Gasteiger charge is -2.26. The van der Waals surface area contributed by atoms with Gasteiger partial charge in [0.25, 0.3) is 0 Å². The average molecular weight is 251 g/mol. The number of methoxy groups -OCH3 is 1. The van der Waals surface area contributed by atoms with Crippen molar-refractivity contribution in [2.75, 3.05) is 31.7 Å². The number of hydrogen-bond acceptors (Lipinski definition) is 4. The van der Waals surface area contributed by atoms with E-state index < -0.39 is 0 Å². The average Bonchev–Trinajstić information content (AvgIpc) is 2.34. The van der Waals surface area contributed by atoms with E-state index in [1.165, 1.54) is 0 Å². The van der Waals surface area contributed by atoms with Crippen LogP contribution in [-0.4, -0.2) is 31.8 Å². The van der Waals surface area contributed by atoms with Gasteiger partial charge in [-0.25, -0.2) is 4.98 Å². The van der Waals surface area contributed by atoms with Crippen LogP contribution >= 0.6 is 0 Å². The van der Waals surface area contributed by atoms with E-state index in [9.17, 15) is 0 Å². The number of rotatable bonds is 7. The Morgan fingerprint density at radius 1 is 1.39 bits per heavy atom. The van der Waals surface area contributed by atoms with E-state index in [1.54, 1.807) is 7.11 Å². The Kier molecular flexibility index (Phi) is 6.09. The van der Waals surface area contributed by atoms with Crippen molar-refractivity contribution in [1.29, 1.82) is 0 Å². The minimum Gasteiger partial charge on any atom is -0.383 e. The molecule has 0 aliphatic heterocycles. The zero-order valence-electron chi connectivity index (χ0n) is 11.9. The van der Waals surface area contributed by atoms with E-state index in [2.05, 4.69) is 29.8 Å². The van der Waals surface area contributed by atoms with Crippen LogP contribution in [0.4, 0.5) is 5.82 Å². The second-order valence-electron chi connectivity index (χ2n) is 5.07. The Bertz CT molecular complexity index is 353. The van der Waals surface area contributed by atoms with E-state index in [-0.39, 0.29) is 6.04 Å². The third kappa shape index (κ3) is 4.63. The van der Waals surface area contributed by atoms with Gasteiger partial charge in [0.1, 0.15) is 5.82 Å². The normalized spacial score (nSPS) is 12.8. The van der Waals surface area contributed by atoms with Crippen LogP contribution in [0.3, 0.4) is 0 Å². The molecule has 1 heterocycles. The van der Waals surface area contributed by atoms with Crippen molar-refractivity contribution in [3.63, 3.8) is 0 Å². The Labute approximate surface area is 110 Å². The molecule has 0 aromatic carbocycles. The highest BCUT2D eigenvalue weighted by molar-refractivity contribution is 5.41. The Hall–Kier alpha value is -1.13. The topological polar surface area (TPSA) is 51.4 Å². The van der Waals surface area contributed by atoms with Crippen molar-refractivity contribution in [1.82, 2.24) is 4.98 Å². The molecule has 102 valence electrons. The van der Waals surface area contributed by atoms with E-state index in [0.717, 1.165) is 24.5 Å². The Morgan fingerprint density at radius 3 is 2.67 bits per heavy atom. The molecule has 0 spiro atoms. The molecule has 4 heteroatoms. The van der Waals surface area contributed by atoms with Gasteiger partial charge in [-0.1, -0.05) is 13.8 Å². The van der Waals surface area contributed by atoms with Gasteiger partial charge in [0.2, 0.25) is 0 Å². The lowest BCUT2D eigenvalue weighted by atomic mass is 10.1. The fraction of sp³-hybridized carbons (Fsp3) is 0.643. The summed E-state index contributed by atoms with van der Waals surface area (Å²) >= 11 is 0. The number of pyridine rings is 1. The van der Waals surface area contributed by atoms with Gasteiger partial charge in [0.05, 0.1) is 6.61 Å². The summed E-state index contributed by atoms with van der Waals surface area (Å²) in [5, 5.41) is 0. The third-order valence-corrected chi connectivity index (χ3v) is 2.77. The predicted octanol–water partition coefficient (Wildman–Crippen LogP) is 2.21. The molecule has 0 saturated carbocycles. The van der Waals surface area contributed by atoms with Gasteiger partial charge in [-0.3, -0.25) is 0 Å². The molecule has 0 aliphatic rings. The van der Waals surface area contributed by atoms with Crippen LogP contribution in [0.25, 0.3) is 0 Å². The maximum atomic E-state index is 5.91. The predicted molar refractivity (Wildman–Crippen MR) is 75.8 cm³/mol. The van der Waals surface area contributed by atoms with E-state index >= 15 is 0 Å². The first-order chi connectivity index (χ1) is 8.54. The minimum atomic E-state index is 0.0371. The Morgan fingerprint density at radius 2 is 2.11 bits per heavy atom. The van der Waals surface area contributed by atoms with Gasteiger partial charge < -0.3 is 15.4 Å². The number of hydrogen-bond donors (Lipinski definition) is 1. The maximum absolute atomic E-state index is 5.91. The highest BCUT2D eigenvalue weighted by atomic mass is 16.5. The van der Waals surface area contributed by atoms with Gasteiger partial charge in [-0.15, -0.1) is 0 Å². The summed E-state index contributed by atoms with van der Waals surface area (Å²) in [6.07, 6.45) is 1.83. The van der Waals surface area contributed by atoms with E-state index in [4.69, 9.17) is 10.5 Å². The first-order valence-corrected chi connectivity index (χ1v) is 6.50. The van der Waals surface area contributed by atoms with E-state index in [0.29, 0.717) is 12.5 Å². The monoisotopic (exact) mass is 251 g/mol. The Balaban J connectivity index is 2.85. The third-order valence-electron chi connectivity index (χ3n) is 2.77. The van der Waals surface area contributed by atoms with Gasteiger partial charge in [-0.2, -0.15) is 0 Å². The molecule has 0 radical (unpaired) electrons. The lowest BCUT2D eigenvalue weighted by Crippen LogP contribution is -2.31. The van der Waals surface area contributed by atoms with Gasteiger partial charge in [0, 0.05) is 32.4 Å². The minimum absolute atomic E-state index is 0.0371. The van der Waals surface area contributed by atoms with Crippen LogP contribution in [0.2, 0.25) is 0 Å². The largest absolute Gasteiger partial charge is 0.383 e. The molecule has 0 bridgehead atoms. The van der Waals surface area contributed by atoms with Crippen LogP contribution in [-0.2, 0) is 4.74 Å². The zero-order valence-corrected chi connectivity index (χ0v) is 11.9. The quantitative estimate of drug-likeness (QED) is 0.807. The summed E-state index contributed by atoms with van der Waals surface area (Å²) in [5.41, 5.74) is 7.03. The highest BCUT2D eigenvalue weighted by Gasteiger charge is 2.11. The van der Waals surface area contributed by atoms with Gasteiger partial charge in [-0.05, 0) is 30.5 Å². The van der Waals surface area contributed by atoms with Crippen molar-refractivity contribution >= 4 is 5.82 Å². The van der Waals surface area contributed by atoms with Crippen LogP contribution in [0.5, 0.6) is 0 Å². The van der Waals surface area contributed by atoms with Gasteiger partial charge >= 0.3 is 0 Å². The van der Waals surface area contributed by atoms with Crippen molar-refractivity contribution in [3.05, 3.63) is 23.9 Å². The van der Waals surface area contributed by atoms with Crippen LogP contribution in [0, 0.1) is 5.92 Å². The highest BCUT2D eigenvalue weighted by Crippen LogP contribution is 2.17. The first kappa shape index (κ1) is 14.9. The molecule has 1 unspecified atom stereocenters. The smallest absolute Gasteiger partial charge is 0.128 e. The maximum Gasteiger partial charge on any atom is 0.128 e. The van der Waals surface area contributed by atoms with Crippen molar-refractivity contribution < 1.29 is 4.74 Å². The van der Waals surface area contributed by atoms with E-state index in [1.807, 2.05) is 19.2 Å². The van der Waals surface area contributed by atoms with Crippen LogP contribution < -0.4 is 10.6 Å². The molecule has 0 amide bonds. The summed E-state index contributed by atoms with van der Waals surface area (Å²) in [4.78, 5) is 6.69. The van der Waals surface area contributed by atoms with Gasteiger partial charge in [0.15, 0.2) is 0 Å². The summed E-state index contributed by atoms with van der Waals surface area (Å²) in [7, 11) is 1.72. The fourth-order valence-corrected chi connectivity index (χ4v) is 1.83. The molecule has 0 saturated heterocycles. The second-order valence-corrected chi connectivity index (χ2v) is 5.07. The number of aromatic nitrogens is 1. The van der Waals surface area contributed by atoms with Crippen molar-refractivity contribution in [2.45, 2.75) is 26.8 Å². The second kappa shape index (κ2) is 7.34. The van der Waals surface area contributed by atoms with Crippen molar-refractivity contribution in [2.24, 2.45) is 11.7 Å². The molecule has 1 aromatic heterocycles. The molecule has 4 nitrogen and oxygen atoms in total.